The number of halogens is 3. The molecule has 0 atom stereocenters. The van der Waals surface area contributed by atoms with Crippen molar-refractivity contribution in [1.29, 1.82) is 0 Å². The Morgan fingerprint density at radius 3 is 2.53 bits per heavy atom. The number of allylic oxidation sites excluding steroid dienone is 1. The lowest BCUT2D eigenvalue weighted by Gasteiger charge is -2.08. The van der Waals surface area contributed by atoms with E-state index in [4.69, 9.17) is 4.42 Å². The minimum absolute atomic E-state index is 0.112. The van der Waals surface area contributed by atoms with Crippen molar-refractivity contribution >= 4 is 18.0 Å². The van der Waals surface area contributed by atoms with Crippen molar-refractivity contribution in [3.8, 4) is 0 Å². The number of hydrogen-bond donors (Lipinski definition) is 0. The van der Waals surface area contributed by atoms with Gasteiger partial charge in [0.25, 0.3) is 0 Å². The predicted molar refractivity (Wildman–Crippen MR) is 67.3 cm³/mol. The largest absolute Gasteiger partial charge is 0.465 e. The number of para-hydroxylation sites is 1. The highest BCUT2D eigenvalue weighted by molar-refractivity contribution is 5.80. The van der Waals surface area contributed by atoms with Gasteiger partial charge in [-0.2, -0.15) is 13.2 Å². The Morgan fingerprint density at radius 1 is 1.05 bits per heavy atom. The SMILES string of the molecule is FC(F)(F)c1ccccc1N=CC=Cc1ccco1. The summed E-state index contributed by atoms with van der Waals surface area (Å²) in [5.74, 6) is 0.607. The van der Waals surface area contributed by atoms with E-state index in [9.17, 15) is 13.2 Å². The van der Waals surface area contributed by atoms with Crippen LogP contribution in [0.3, 0.4) is 0 Å². The highest BCUT2D eigenvalue weighted by atomic mass is 19.4. The maximum Gasteiger partial charge on any atom is 0.418 e. The molecule has 0 aliphatic heterocycles. The fourth-order valence-electron chi connectivity index (χ4n) is 1.47. The molecule has 19 heavy (non-hydrogen) atoms. The lowest BCUT2D eigenvalue weighted by Crippen LogP contribution is -2.04. The minimum Gasteiger partial charge on any atom is -0.465 e. The van der Waals surface area contributed by atoms with Crippen molar-refractivity contribution in [3.05, 3.63) is 60.1 Å². The summed E-state index contributed by atoms with van der Waals surface area (Å²) in [6, 6.07) is 8.62. The second-order valence-electron chi connectivity index (χ2n) is 3.67. The number of benzene rings is 1. The molecular formula is C14H10F3NO. The molecular weight excluding hydrogens is 255 g/mol. The van der Waals surface area contributed by atoms with Gasteiger partial charge in [-0.15, -0.1) is 0 Å². The molecule has 2 rings (SSSR count). The summed E-state index contributed by atoms with van der Waals surface area (Å²) in [6.07, 6.45) is 1.53. The normalized spacial score (nSPS) is 12.6. The van der Waals surface area contributed by atoms with E-state index in [0.29, 0.717) is 5.76 Å². The predicted octanol–water partition coefficient (Wildman–Crippen LogP) is 4.71. The third-order valence-electron chi connectivity index (χ3n) is 2.31. The van der Waals surface area contributed by atoms with Gasteiger partial charge in [0.15, 0.2) is 0 Å². The Bertz CT molecular complexity index is 583. The van der Waals surface area contributed by atoms with Gasteiger partial charge in [-0.3, -0.25) is 4.99 Å². The number of aliphatic imine (C=N–C) groups is 1. The Kier molecular flexibility index (Phi) is 3.85. The number of hydrogen-bond acceptors (Lipinski definition) is 2. The first kappa shape index (κ1) is 13.1. The van der Waals surface area contributed by atoms with Gasteiger partial charge in [-0.1, -0.05) is 12.1 Å². The average molecular weight is 265 g/mol. The molecule has 98 valence electrons. The molecule has 5 heteroatoms. The van der Waals surface area contributed by atoms with Crippen LogP contribution in [0.1, 0.15) is 11.3 Å². The highest BCUT2D eigenvalue weighted by Crippen LogP contribution is 2.35. The van der Waals surface area contributed by atoms with Crippen LogP contribution < -0.4 is 0 Å². The van der Waals surface area contributed by atoms with Gasteiger partial charge < -0.3 is 4.42 Å². The van der Waals surface area contributed by atoms with Crippen LogP contribution in [0, 0.1) is 0 Å². The monoisotopic (exact) mass is 265 g/mol. The van der Waals surface area contributed by atoms with Crippen LogP contribution in [0.2, 0.25) is 0 Å². The van der Waals surface area contributed by atoms with Crippen molar-refractivity contribution < 1.29 is 17.6 Å². The summed E-state index contributed by atoms with van der Waals surface area (Å²) in [4.78, 5) is 3.80. The molecule has 1 heterocycles. The summed E-state index contributed by atoms with van der Waals surface area (Å²) in [5, 5.41) is 0. The second kappa shape index (κ2) is 5.56. The quantitative estimate of drug-likeness (QED) is 0.737. The maximum absolute atomic E-state index is 12.7. The van der Waals surface area contributed by atoms with Crippen LogP contribution in [-0.4, -0.2) is 6.21 Å². The molecule has 0 N–H and O–H groups in total. The van der Waals surface area contributed by atoms with E-state index in [1.165, 1.54) is 36.8 Å². The molecule has 2 nitrogen and oxygen atoms in total. The van der Waals surface area contributed by atoms with Crippen molar-refractivity contribution in [3.63, 3.8) is 0 Å². The number of furan rings is 1. The van der Waals surface area contributed by atoms with Crippen LogP contribution in [0.5, 0.6) is 0 Å². The number of alkyl halides is 3. The van der Waals surface area contributed by atoms with E-state index >= 15 is 0 Å². The summed E-state index contributed by atoms with van der Waals surface area (Å²) in [7, 11) is 0. The Hall–Kier alpha value is -2.30. The zero-order valence-electron chi connectivity index (χ0n) is 9.76. The molecule has 0 saturated heterocycles. The van der Waals surface area contributed by atoms with Gasteiger partial charge in [0.2, 0.25) is 0 Å². The summed E-state index contributed by atoms with van der Waals surface area (Å²) >= 11 is 0. The van der Waals surface area contributed by atoms with Crippen LogP contribution in [0.4, 0.5) is 18.9 Å². The molecule has 0 radical (unpaired) electrons. The third-order valence-corrected chi connectivity index (χ3v) is 2.31. The van der Waals surface area contributed by atoms with Crippen LogP contribution >= 0.6 is 0 Å². The average Bonchev–Trinajstić information content (AvgIpc) is 2.87. The van der Waals surface area contributed by atoms with Crippen LogP contribution in [0.15, 0.2) is 58.1 Å². The zero-order chi connectivity index (χ0) is 13.7. The van der Waals surface area contributed by atoms with Gasteiger partial charge in [0.05, 0.1) is 17.5 Å². The van der Waals surface area contributed by atoms with E-state index in [-0.39, 0.29) is 5.69 Å². The zero-order valence-corrected chi connectivity index (χ0v) is 9.76. The Labute approximate surface area is 107 Å². The molecule has 0 unspecified atom stereocenters. The number of rotatable bonds is 3. The molecule has 0 bridgehead atoms. The smallest absolute Gasteiger partial charge is 0.418 e. The van der Waals surface area contributed by atoms with Gasteiger partial charge in [-0.25, -0.2) is 0 Å². The van der Waals surface area contributed by atoms with E-state index in [2.05, 4.69) is 4.99 Å². The molecule has 0 spiro atoms. The Balaban J connectivity index is 2.15. The Morgan fingerprint density at radius 2 is 1.84 bits per heavy atom. The van der Waals surface area contributed by atoms with E-state index in [0.717, 1.165) is 6.07 Å². The summed E-state index contributed by atoms with van der Waals surface area (Å²) in [5.41, 5.74) is -0.864. The number of nitrogens with zero attached hydrogens (tertiary/aromatic N) is 1. The molecule has 0 aliphatic carbocycles. The van der Waals surface area contributed by atoms with E-state index in [1.54, 1.807) is 18.2 Å². The van der Waals surface area contributed by atoms with Crippen LogP contribution in [0.25, 0.3) is 6.08 Å². The van der Waals surface area contributed by atoms with Gasteiger partial charge in [0, 0.05) is 6.21 Å². The molecule has 0 fully saturated rings. The molecule has 0 amide bonds. The van der Waals surface area contributed by atoms with Gasteiger partial charge in [-0.05, 0) is 36.4 Å². The first-order chi connectivity index (χ1) is 9.07. The van der Waals surface area contributed by atoms with Crippen molar-refractivity contribution in [2.45, 2.75) is 6.18 Å². The molecule has 1 aromatic carbocycles. The van der Waals surface area contributed by atoms with E-state index < -0.39 is 11.7 Å². The lowest BCUT2D eigenvalue weighted by molar-refractivity contribution is -0.137. The molecule has 1 aromatic heterocycles. The lowest BCUT2D eigenvalue weighted by atomic mass is 10.2. The third kappa shape index (κ3) is 3.58. The standard InChI is InChI=1S/C14H10F3NO/c15-14(16,17)12-7-1-2-8-13(12)18-9-3-5-11-6-4-10-19-11/h1-10H. The molecule has 0 saturated carbocycles. The highest BCUT2D eigenvalue weighted by Gasteiger charge is 2.32. The van der Waals surface area contributed by atoms with Crippen molar-refractivity contribution in [2.75, 3.05) is 0 Å². The van der Waals surface area contributed by atoms with Crippen molar-refractivity contribution in [1.82, 2.24) is 0 Å². The van der Waals surface area contributed by atoms with Gasteiger partial charge in [0.1, 0.15) is 5.76 Å². The first-order valence-electron chi connectivity index (χ1n) is 5.48. The molecule has 0 aliphatic rings. The topological polar surface area (TPSA) is 25.5 Å². The van der Waals surface area contributed by atoms with Crippen molar-refractivity contribution in [2.24, 2.45) is 4.99 Å². The summed E-state index contributed by atoms with van der Waals surface area (Å²) < 4.78 is 43.1. The fourth-order valence-corrected chi connectivity index (χ4v) is 1.47. The fraction of sp³-hybridized carbons (Fsp3) is 0.0714. The van der Waals surface area contributed by atoms with Gasteiger partial charge >= 0.3 is 6.18 Å². The maximum atomic E-state index is 12.7. The molecule has 2 aromatic rings. The second-order valence-corrected chi connectivity index (χ2v) is 3.67. The summed E-state index contributed by atoms with van der Waals surface area (Å²) in [6.45, 7) is 0. The van der Waals surface area contributed by atoms with Crippen LogP contribution in [-0.2, 0) is 6.18 Å². The van der Waals surface area contributed by atoms with E-state index in [1.807, 2.05) is 0 Å². The minimum atomic E-state index is -4.40. The first-order valence-corrected chi connectivity index (χ1v) is 5.48.